The van der Waals surface area contributed by atoms with Gasteiger partial charge < -0.3 is 14.9 Å². The van der Waals surface area contributed by atoms with E-state index in [1.54, 1.807) is 6.20 Å². The van der Waals surface area contributed by atoms with E-state index in [1.165, 1.54) is 4.90 Å². The molecule has 0 saturated carbocycles. The Kier molecular flexibility index (Phi) is 1.99. The van der Waals surface area contributed by atoms with Gasteiger partial charge in [-0.2, -0.15) is 0 Å². The van der Waals surface area contributed by atoms with Crippen LogP contribution in [0.5, 0.6) is 0 Å². The molecule has 0 spiro atoms. The Morgan fingerprint density at radius 1 is 1.44 bits per heavy atom. The number of anilines is 1. The van der Waals surface area contributed by atoms with Gasteiger partial charge in [0.05, 0.1) is 17.9 Å². The zero-order chi connectivity index (χ0) is 11.1. The molecule has 5 nitrogen and oxygen atoms in total. The van der Waals surface area contributed by atoms with E-state index in [9.17, 15) is 4.79 Å². The third-order valence-corrected chi connectivity index (χ3v) is 3.49. The van der Waals surface area contributed by atoms with Gasteiger partial charge in [0, 0.05) is 31.7 Å². The molecule has 2 aliphatic heterocycles. The van der Waals surface area contributed by atoms with Crippen LogP contribution in [0.15, 0.2) is 24.5 Å². The van der Waals surface area contributed by atoms with Crippen molar-refractivity contribution in [3.05, 3.63) is 24.5 Å². The lowest BCUT2D eigenvalue weighted by Crippen LogP contribution is -2.57. The maximum absolute atomic E-state index is 10.9. The summed E-state index contributed by atoms with van der Waals surface area (Å²) < 4.78 is 0. The van der Waals surface area contributed by atoms with Crippen molar-refractivity contribution in [1.29, 1.82) is 0 Å². The fourth-order valence-electron chi connectivity index (χ4n) is 2.61. The molecule has 2 fully saturated rings. The van der Waals surface area contributed by atoms with Crippen molar-refractivity contribution in [3.8, 4) is 0 Å². The number of fused-ring (bicyclic) bond motifs is 1. The first-order chi connectivity index (χ1) is 7.75. The van der Waals surface area contributed by atoms with E-state index < -0.39 is 6.09 Å². The predicted octanol–water partition coefficient (Wildman–Crippen LogP) is 0.880. The average Bonchev–Trinajstić information content (AvgIpc) is 2.58. The normalized spacial score (nSPS) is 27.5. The summed E-state index contributed by atoms with van der Waals surface area (Å²) in [6, 6.07) is 4.10. The van der Waals surface area contributed by atoms with Gasteiger partial charge in [-0.3, -0.25) is 4.98 Å². The lowest BCUT2D eigenvalue weighted by Gasteiger charge is -2.40. The summed E-state index contributed by atoms with van der Waals surface area (Å²) in [6.45, 7) is 2.42. The number of hydrogen-bond donors (Lipinski definition) is 1. The fraction of sp³-hybridized carbons (Fsp3) is 0.455. The van der Waals surface area contributed by atoms with E-state index in [1.807, 2.05) is 18.3 Å². The molecule has 3 heterocycles. The molecule has 1 aromatic rings. The van der Waals surface area contributed by atoms with Crippen LogP contribution in [-0.4, -0.2) is 46.8 Å². The van der Waals surface area contributed by atoms with Crippen molar-refractivity contribution in [3.63, 3.8) is 0 Å². The van der Waals surface area contributed by atoms with Gasteiger partial charge in [-0.25, -0.2) is 4.79 Å². The first-order valence-electron chi connectivity index (χ1n) is 5.40. The Bertz CT molecular complexity index is 409. The van der Waals surface area contributed by atoms with Crippen LogP contribution in [-0.2, 0) is 0 Å². The lowest BCUT2D eigenvalue weighted by atomic mass is 9.93. The van der Waals surface area contributed by atoms with Crippen molar-refractivity contribution in [2.24, 2.45) is 5.92 Å². The number of amides is 1. The highest BCUT2D eigenvalue weighted by Gasteiger charge is 2.47. The van der Waals surface area contributed by atoms with E-state index in [2.05, 4.69) is 9.88 Å². The third-order valence-electron chi connectivity index (χ3n) is 3.49. The zero-order valence-electron chi connectivity index (χ0n) is 8.78. The van der Waals surface area contributed by atoms with Crippen LogP contribution in [0.4, 0.5) is 10.5 Å². The van der Waals surface area contributed by atoms with Crippen LogP contribution in [0.1, 0.15) is 0 Å². The topological polar surface area (TPSA) is 56.7 Å². The van der Waals surface area contributed by atoms with Crippen molar-refractivity contribution < 1.29 is 9.90 Å². The molecule has 1 N–H and O–H groups in total. The Balaban J connectivity index is 1.73. The molecule has 5 heteroatoms. The number of carboxylic acid groups (broad SMARTS) is 1. The number of aromatic nitrogens is 1. The molecule has 1 aromatic heterocycles. The van der Waals surface area contributed by atoms with Crippen molar-refractivity contribution in [2.45, 2.75) is 6.04 Å². The fourth-order valence-corrected chi connectivity index (χ4v) is 2.61. The van der Waals surface area contributed by atoms with E-state index in [0.29, 0.717) is 12.5 Å². The van der Waals surface area contributed by atoms with Gasteiger partial charge in [0.15, 0.2) is 0 Å². The molecule has 2 saturated heterocycles. The second kappa shape index (κ2) is 3.37. The van der Waals surface area contributed by atoms with Gasteiger partial charge >= 0.3 is 6.09 Å². The number of carbonyl (C=O) groups is 1. The van der Waals surface area contributed by atoms with Gasteiger partial charge in [-0.05, 0) is 12.1 Å². The number of nitrogens with zero attached hydrogens (tertiary/aromatic N) is 3. The number of likely N-dealkylation sites (tertiary alicyclic amines) is 1. The molecule has 0 radical (unpaired) electrons. The Morgan fingerprint density at radius 3 is 3.00 bits per heavy atom. The molecular formula is C11H13N3O2. The summed E-state index contributed by atoms with van der Waals surface area (Å²) in [5.74, 6) is 0.497. The van der Waals surface area contributed by atoms with E-state index >= 15 is 0 Å². The Hall–Kier alpha value is -1.78. The highest BCUT2D eigenvalue weighted by atomic mass is 16.4. The minimum atomic E-state index is -0.797. The van der Waals surface area contributed by atoms with Gasteiger partial charge in [-0.15, -0.1) is 0 Å². The Labute approximate surface area is 93.3 Å². The summed E-state index contributed by atoms with van der Waals surface area (Å²) in [7, 11) is 0. The summed E-state index contributed by atoms with van der Waals surface area (Å²) in [5, 5.41) is 8.93. The van der Waals surface area contributed by atoms with E-state index in [4.69, 9.17) is 5.11 Å². The predicted molar refractivity (Wildman–Crippen MR) is 58.5 cm³/mol. The maximum Gasteiger partial charge on any atom is 0.407 e. The molecule has 2 atom stereocenters. The van der Waals surface area contributed by atoms with Gasteiger partial charge in [0.1, 0.15) is 0 Å². The molecule has 0 bridgehead atoms. The number of pyridine rings is 1. The van der Waals surface area contributed by atoms with Crippen molar-refractivity contribution in [1.82, 2.24) is 9.88 Å². The molecule has 3 rings (SSSR count). The largest absolute Gasteiger partial charge is 0.465 e. The average molecular weight is 219 g/mol. The lowest BCUT2D eigenvalue weighted by molar-refractivity contribution is 0.0507. The van der Waals surface area contributed by atoms with Crippen molar-refractivity contribution >= 4 is 11.8 Å². The van der Waals surface area contributed by atoms with Crippen LogP contribution in [0.3, 0.4) is 0 Å². The van der Waals surface area contributed by atoms with Gasteiger partial charge in [-0.1, -0.05) is 0 Å². The van der Waals surface area contributed by atoms with E-state index in [0.717, 1.165) is 18.8 Å². The molecular weight excluding hydrogens is 206 g/mol. The highest BCUT2D eigenvalue weighted by Crippen LogP contribution is 2.34. The second-order valence-electron chi connectivity index (χ2n) is 4.38. The summed E-state index contributed by atoms with van der Waals surface area (Å²) in [5.41, 5.74) is 1.09. The van der Waals surface area contributed by atoms with Gasteiger partial charge in [0.25, 0.3) is 0 Å². The smallest absolute Gasteiger partial charge is 0.407 e. The SMILES string of the molecule is O=C(O)N1C[C@@H]2CN(c3cccnc3)C[C@@H]21. The minimum absolute atomic E-state index is 0.178. The maximum atomic E-state index is 10.9. The first-order valence-corrected chi connectivity index (χ1v) is 5.40. The molecule has 84 valence electrons. The highest BCUT2D eigenvalue weighted by molar-refractivity contribution is 5.67. The first kappa shape index (κ1) is 9.45. The van der Waals surface area contributed by atoms with Crippen LogP contribution in [0, 0.1) is 5.92 Å². The zero-order valence-corrected chi connectivity index (χ0v) is 8.78. The number of rotatable bonds is 1. The summed E-state index contributed by atoms with van der Waals surface area (Å²) in [6.07, 6.45) is 2.78. The third kappa shape index (κ3) is 1.31. The van der Waals surface area contributed by atoms with Gasteiger partial charge in [0.2, 0.25) is 0 Å². The molecule has 0 aliphatic carbocycles. The van der Waals surface area contributed by atoms with Crippen molar-refractivity contribution in [2.75, 3.05) is 24.5 Å². The monoisotopic (exact) mass is 219 g/mol. The molecule has 1 amide bonds. The second-order valence-corrected chi connectivity index (χ2v) is 4.38. The molecule has 2 aliphatic rings. The summed E-state index contributed by atoms with van der Waals surface area (Å²) >= 11 is 0. The standard InChI is InChI=1S/C11H13N3O2/c15-11(16)14-6-8-5-13(7-10(8)14)9-2-1-3-12-4-9/h1-4,8,10H,5-7H2,(H,15,16)/t8-,10-/m0/s1. The van der Waals surface area contributed by atoms with Crippen LogP contribution in [0.25, 0.3) is 0 Å². The summed E-state index contributed by atoms with van der Waals surface area (Å²) in [4.78, 5) is 18.7. The molecule has 0 aromatic carbocycles. The molecule has 16 heavy (non-hydrogen) atoms. The van der Waals surface area contributed by atoms with Crippen LogP contribution >= 0.6 is 0 Å². The quantitative estimate of drug-likeness (QED) is 0.761. The van der Waals surface area contributed by atoms with Crippen LogP contribution in [0.2, 0.25) is 0 Å². The Morgan fingerprint density at radius 2 is 2.31 bits per heavy atom. The molecule has 0 unspecified atom stereocenters. The number of hydrogen-bond acceptors (Lipinski definition) is 3. The van der Waals surface area contributed by atoms with Crippen LogP contribution < -0.4 is 4.90 Å². The minimum Gasteiger partial charge on any atom is -0.465 e. The van der Waals surface area contributed by atoms with E-state index in [-0.39, 0.29) is 6.04 Å².